The fourth-order valence-electron chi connectivity index (χ4n) is 0.726. The summed E-state index contributed by atoms with van der Waals surface area (Å²) in [6, 6.07) is 1.78. The SMILES string of the molecule is O=C(CBr)Nc1ccc(C(F)(F)F)nn1. The van der Waals surface area contributed by atoms with Crippen LogP contribution < -0.4 is 5.32 Å². The quantitative estimate of drug-likeness (QED) is 0.843. The second-order valence-electron chi connectivity index (χ2n) is 2.48. The van der Waals surface area contributed by atoms with E-state index in [0.717, 1.165) is 12.1 Å². The highest BCUT2D eigenvalue weighted by Gasteiger charge is 2.32. The number of halogens is 4. The Morgan fingerprint density at radius 1 is 1.40 bits per heavy atom. The summed E-state index contributed by atoms with van der Waals surface area (Å²) >= 11 is 2.88. The van der Waals surface area contributed by atoms with E-state index in [2.05, 4.69) is 31.4 Å². The number of nitrogens with zero attached hydrogens (tertiary/aromatic N) is 2. The maximum atomic E-state index is 12.1. The van der Waals surface area contributed by atoms with E-state index in [-0.39, 0.29) is 11.1 Å². The van der Waals surface area contributed by atoms with Crippen molar-refractivity contribution in [2.45, 2.75) is 6.18 Å². The monoisotopic (exact) mass is 283 g/mol. The average molecular weight is 284 g/mol. The van der Waals surface area contributed by atoms with E-state index in [4.69, 9.17) is 0 Å². The van der Waals surface area contributed by atoms with E-state index >= 15 is 0 Å². The van der Waals surface area contributed by atoms with Crippen LogP contribution in [0.1, 0.15) is 5.69 Å². The summed E-state index contributed by atoms with van der Waals surface area (Å²) in [5.74, 6) is -0.434. The van der Waals surface area contributed by atoms with Crippen molar-refractivity contribution in [3.8, 4) is 0 Å². The van der Waals surface area contributed by atoms with Gasteiger partial charge in [0.25, 0.3) is 0 Å². The van der Waals surface area contributed by atoms with E-state index in [0.29, 0.717) is 0 Å². The maximum absolute atomic E-state index is 12.1. The van der Waals surface area contributed by atoms with Gasteiger partial charge in [0.1, 0.15) is 0 Å². The zero-order valence-corrected chi connectivity index (χ0v) is 8.76. The van der Waals surface area contributed by atoms with Gasteiger partial charge in [0.2, 0.25) is 5.91 Å². The first-order valence-corrected chi connectivity index (χ1v) is 4.82. The third-order valence-corrected chi connectivity index (χ3v) is 1.85. The van der Waals surface area contributed by atoms with Gasteiger partial charge >= 0.3 is 6.18 Å². The first kappa shape index (κ1) is 11.9. The molecule has 1 amide bonds. The number of carbonyl (C=O) groups excluding carboxylic acids is 1. The molecule has 0 unspecified atom stereocenters. The molecule has 1 N–H and O–H groups in total. The summed E-state index contributed by atoms with van der Waals surface area (Å²) in [7, 11) is 0. The molecule has 0 radical (unpaired) electrons. The number of rotatable bonds is 2. The predicted molar refractivity (Wildman–Crippen MR) is 49.5 cm³/mol. The molecule has 0 aliphatic heterocycles. The number of hydrogen-bond acceptors (Lipinski definition) is 3. The first-order valence-electron chi connectivity index (χ1n) is 3.70. The van der Waals surface area contributed by atoms with Gasteiger partial charge in [0, 0.05) is 0 Å². The van der Waals surface area contributed by atoms with Crippen molar-refractivity contribution in [1.29, 1.82) is 0 Å². The molecule has 0 spiro atoms. The van der Waals surface area contributed by atoms with Gasteiger partial charge in [-0.3, -0.25) is 4.79 Å². The normalized spacial score (nSPS) is 11.2. The summed E-state index contributed by atoms with van der Waals surface area (Å²) in [5, 5.41) is 8.42. The van der Waals surface area contributed by atoms with Crippen LogP contribution in [0.15, 0.2) is 12.1 Å². The fraction of sp³-hybridized carbons (Fsp3) is 0.286. The van der Waals surface area contributed by atoms with Crippen LogP contribution >= 0.6 is 15.9 Å². The van der Waals surface area contributed by atoms with Crippen LogP contribution in [0.2, 0.25) is 0 Å². The zero-order valence-electron chi connectivity index (χ0n) is 7.18. The van der Waals surface area contributed by atoms with Crippen LogP contribution in [0.4, 0.5) is 19.0 Å². The molecule has 0 aliphatic carbocycles. The average Bonchev–Trinajstić information content (AvgIpc) is 2.17. The largest absolute Gasteiger partial charge is 0.435 e. The van der Waals surface area contributed by atoms with E-state index < -0.39 is 17.8 Å². The van der Waals surface area contributed by atoms with Crippen LogP contribution in [0.3, 0.4) is 0 Å². The Kier molecular flexibility index (Phi) is 3.61. The smallest absolute Gasteiger partial charge is 0.308 e. The number of anilines is 1. The minimum absolute atomic E-state index is 0.0209. The number of hydrogen-bond donors (Lipinski definition) is 1. The lowest BCUT2D eigenvalue weighted by molar-refractivity contribution is -0.141. The highest BCUT2D eigenvalue weighted by atomic mass is 79.9. The molecule has 0 saturated heterocycles. The number of carbonyl (C=O) groups is 1. The Morgan fingerprint density at radius 3 is 2.47 bits per heavy atom. The minimum atomic E-state index is -4.52. The molecule has 1 heterocycles. The van der Waals surface area contributed by atoms with Crippen molar-refractivity contribution in [3.63, 3.8) is 0 Å². The molecular weight excluding hydrogens is 279 g/mol. The minimum Gasteiger partial charge on any atom is -0.308 e. The van der Waals surface area contributed by atoms with E-state index in [1.807, 2.05) is 0 Å². The molecule has 0 aliphatic rings. The van der Waals surface area contributed by atoms with Crippen LogP contribution in [0.25, 0.3) is 0 Å². The van der Waals surface area contributed by atoms with Crippen LogP contribution in [0, 0.1) is 0 Å². The summed E-state index contributed by atoms with van der Waals surface area (Å²) in [4.78, 5) is 10.8. The van der Waals surface area contributed by atoms with Crippen molar-refractivity contribution in [3.05, 3.63) is 17.8 Å². The van der Waals surface area contributed by atoms with Crippen molar-refractivity contribution in [2.24, 2.45) is 0 Å². The van der Waals surface area contributed by atoms with E-state index in [9.17, 15) is 18.0 Å². The molecule has 0 atom stereocenters. The van der Waals surface area contributed by atoms with Gasteiger partial charge in [-0.2, -0.15) is 13.2 Å². The summed E-state index contributed by atoms with van der Waals surface area (Å²) in [5.41, 5.74) is -1.10. The molecule has 0 bridgehead atoms. The Labute approximate surface area is 91.0 Å². The number of aromatic nitrogens is 2. The van der Waals surface area contributed by atoms with Crippen LogP contribution in [-0.2, 0) is 11.0 Å². The molecule has 4 nitrogen and oxygen atoms in total. The fourth-order valence-corrected chi connectivity index (χ4v) is 0.867. The Balaban J connectivity index is 2.77. The Hall–Kier alpha value is -1.18. The van der Waals surface area contributed by atoms with Gasteiger partial charge < -0.3 is 5.32 Å². The molecular formula is C7H5BrF3N3O. The standard InChI is InChI=1S/C7H5BrF3N3O/c8-3-6(15)12-5-2-1-4(13-14-5)7(9,10)11/h1-2H,3H2,(H,12,14,15). The van der Waals surface area contributed by atoms with Crippen molar-refractivity contribution >= 4 is 27.7 Å². The van der Waals surface area contributed by atoms with Gasteiger partial charge in [-0.1, -0.05) is 15.9 Å². The zero-order chi connectivity index (χ0) is 11.5. The predicted octanol–water partition coefficient (Wildman–Crippen LogP) is 1.83. The van der Waals surface area contributed by atoms with Gasteiger partial charge in [0.15, 0.2) is 11.5 Å². The molecule has 15 heavy (non-hydrogen) atoms. The second kappa shape index (κ2) is 4.56. The molecule has 1 aromatic rings. The third-order valence-electron chi connectivity index (χ3n) is 1.34. The van der Waals surface area contributed by atoms with Gasteiger partial charge in [-0.25, -0.2) is 0 Å². The maximum Gasteiger partial charge on any atom is 0.435 e. The van der Waals surface area contributed by atoms with Crippen LogP contribution in [0.5, 0.6) is 0 Å². The number of nitrogens with one attached hydrogen (secondary N) is 1. The molecule has 0 saturated carbocycles. The van der Waals surface area contributed by atoms with Crippen molar-refractivity contribution in [2.75, 3.05) is 10.6 Å². The first-order chi connectivity index (χ1) is 6.93. The van der Waals surface area contributed by atoms with Crippen molar-refractivity contribution < 1.29 is 18.0 Å². The third kappa shape index (κ3) is 3.46. The van der Waals surface area contributed by atoms with Gasteiger partial charge in [-0.05, 0) is 12.1 Å². The molecule has 0 fully saturated rings. The van der Waals surface area contributed by atoms with Crippen molar-refractivity contribution in [1.82, 2.24) is 10.2 Å². The Morgan fingerprint density at radius 2 is 2.07 bits per heavy atom. The number of amides is 1. The summed E-state index contributed by atoms with van der Waals surface area (Å²) in [6.07, 6.45) is -4.52. The molecule has 1 rings (SSSR count). The highest BCUT2D eigenvalue weighted by molar-refractivity contribution is 9.09. The number of alkyl halides is 4. The molecule has 82 valence electrons. The molecule has 1 aromatic heterocycles. The van der Waals surface area contributed by atoms with E-state index in [1.54, 1.807) is 0 Å². The van der Waals surface area contributed by atoms with Gasteiger partial charge in [-0.15, -0.1) is 10.2 Å². The summed E-state index contributed by atoms with van der Waals surface area (Å²) in [6.45, 7) is 0. The molecule has 8 heteroatoms. The lowest BCUT2D eigenvalue weighted by atomic mass is 10.4. The lowest BCUT2D eigenvalue weighted by Crippen LogP contribution is -2.15. The summed E-state index contributed by atoms with van der Waals surface area (Å²) < 4.78 is 36.2. The van der Waals surface area contributed by atoms with Gasteiger partial charge in [0.05, 0.1) is 5.33 Å². The Bertz CT molecular complexity index is 351. The topological polar surface area (TPSA) is 54.9 Å². The second-order valence-corrected chi connectivity index (χ2v) is 3.04. The van der Waals surface area contributed by atoms with Crippen LogP contribution in [-0.4, -0.2) is 21.4 Å². The van der Waals surface area contributed by atoms with E-state index in [1.165, 1.54) is 0 Å². The highest BCUT2D eigenvalue weighted by Crippen LogP contribution is 2.26. The lowest BCUT2D eigenvalue weighted by Gasteiger charge is -2.05. The molecule has 0 aromatic carbocycles.